The standard InChI is InChI=1S/C14H17FN2O4S/c1-17(12-5-6-22(20,21)9-12)14(19)8-13(18)16-11-4-2-3-10(15)7-11/h2-4,7,12H,5-6,8-9H2,1H3,(H,16,18). The lowest BCUT2D eigenvalue weighted by molar-refractivity contribution is -0.134. The molecule has 0 radical (unpaired) electrons. The molecule has 1 fully saturated rings. The number of nitrogens with one attached hydrogen (secondary N) is 1. The first-order valence-electron chi connectivity index (χ1n) is 6.78. The molecule has 1 heterocycles. The van der Waals surface area contributed by atoms with Gasteiger partial charge in [-0.05, 0) is 24.6 Å². The molecule has 1 aliphatic rings. The molecule has 1 aliphatic heterocycles. The summed E-state index contributed by atoms with van der Waals surface area (Å²) in [7, 11) is -1.60. The molecule has 1 saturated heterocycles. The summed E-state index contributed by atoms with van der Waals surface area (Å²) in [4.78, 5) is 25.1. The second kappa shape index (κ2) is 6.43. The number of benzene rings is 1. The van der Waals surface area contributed by atoms with Gasteiger partial charge in [0.05, 0.1) is 11.5 Å². The van der Waals surface area contributed by atoms with Gasteiger partial charge in [0.1, 0.15) is 12.2 Å². The number of anilines is 1. The SMILES string of the molecule is CN(C(=O)CC(=O)Nc1cccc(F)c1)C1CCS(=O)(=O)C1. The van der Waals surface area contributed by atoms with Crippen molar-refractivity contribution in [2.45, 2.75) is 18.9 Å². The van der Waals surface area contributed by atoms with E-state index in [-0.39, 0.29) is 23.2 Å². The zero-order chi connectivity index (χ0) is 16.3. The lowest BCUT2D eigenvalue weighted by atomic mass is 10.2. The molecule has 0 spiro atoms. The molecule has 1 aromatic carbocycles. The third-order valence-corrected chi connectivity index (χ3v) is 5.32. The molecule has 2 amide bonds. The summed E-state index contributed by atoms with van der Waals surface area (Å²) < 4.78 is 35.8. The Bertz CT molecular complexity index is 690. The van der Waals surface area contributed by atoms with E-state index in [2.05, 4.69) is 5.32 Å². The minimum atomic E-state index is -3.09. The number of rotatable bonds is 4. The van der Waals surface area contributed by atoms with Gasteiger partial charge in [-0.2, -0.15) is 0 Å². The first-order chi connectivity index (χ1) is 10.3. The lowest BCUT2D eigenvalue weighted by Crippen LogP contribution is -2.39. The average molecular weight is 328 g/mol. The van der Waals surface area contributed by atoms with E-state index in [1.807, 2.05) is 0 Å². The third-order valence-electron chi connectivity index (χ3n) is 3.57. The minimum Gasteiger partial charge on any atom is -0.341 e. The van der Waals surface area contributed by atoms with Crippen LogP contribution in [0.25, 0.3) is 0 Å². The molecular formula is C14H17FN2O4S. The highest BCUT2D eigenvalue weighted by Crippen LogP contribution is 2.17. The Kier molecular flexibility index (Phi) is 4.80. The number of amides is 2. The van der Waals surface area contributed by atoms with Crippen molar-refractivity contribution in [3.63, 3.8) is 0 Å². The van der Waals surface area contributed by atoms with Crippen molar-refractivity contribution >= 4 is 27.3 Å². The molecular weight excluding hydrogens is 311 g/mol. The fourth-order valence-corrected chi connectivity index (χ4v) is 4.09. The first-order valence-corrected chi connectivity index (χ1v) is 8.60. The second-order valence-corrected chi connectivity index (χ2v) is 7.53. The van der Waals surface area contributed by atoms with E-state index in [0.29, 0.717) is 6.42 Å². The molecule has 1 N–H and O–H groups in total. The van der Waals surface area contributed by atoms with E-state index in [4.69, 9.17) is 0 Å². The van der Waals surface area contributed by atoms with Crippen LogP contribution in [0.2, 0.25) is 0 Å². The highest BCUT2D eigenvalue weighted by atomic mass is 32.2. The van der Waals surface area contributed by atoms with E-state index < -0.39 is 33.9 Å². The zero-order valence-electron chi connectivity index (χ0n) is 12.1. The summed E-state index contributed by atoms with van der Waals surface area (Å²) in [6, 6.07) is 4.96. The predicted molar refractivity (Wildman–Crippen MR) is 79.5 cm³/mol. The normalized spacial score (nSPS) is 19.6. The average Bonchev–Trinajstić information content (AvgIpc) is 2.78. The molecule has 1 unspecified atom stereocenters. The number of sulfone groups is 1. The zero-order valence-corrected chi connectivity index (χ0v) is 12.9. The monoisotopic (exact) mass is 328 g/mol. The van der Waals surface area contributed by atoms with Gasteiger partial charge in [-0.15, -0.1) is 0 Å². The predicted octanol–water partition coefficient (Wildman–Crippen LogP) is 0.800. The Labute approximate surface area is 128 Å². The van der Waals surface area contributed by atoms with Crippen molar-refractivity contribution < 1.29 is 22.4 Å². The first kappa shape index (κ1) is 16.4. The Morgan fingerprint density at radius 3 is 2.73 bits per heavy atom. The van der Waals surface area contributed by atoms with Gasteiger partial charge in [-0.25, -0.2) is 12.8 Å². The van der Waals surface area contributed by atoms with Crippen LogP contribution in [0.1, 0.15) is 12.8 Å². The topological polar surface area (TPSA) is 83.6 Å². The fourth-order valence-electron chi connectivity index (χ4n) is 2.32. The highest BCUT2D eigenvalue weighted by molar-refractivity contribution is 7.91. The molecule has 6 nitrogen and oxygen atoms in total. The third kappa shape index (κ3) is 4.27. The van der Waals surface area contributed by atoms with Crippen LogP contribution in [0.3, 0.4) is 0 Å². The van der Waals surface area contributed by atoms with Gasteiger partial charge in [-0.3, -0.25) is 9.59 Å². The van der Waals surface area contributed by atoms with Crippen LogP contribution in [0.5, 0.6) is 0 Å². The number of carbonyl (C=O) groups is 2. The molecule has 0 aromatic heterocycles. The smallest absolute Gasteiger partial charge is 0.233 e. The number of nitrogens with zero attached hydrogens (tertiary/aromatic N) is 1. The Hall–Kier alpha value is -1.96. The van der Waals surface area contributed by atoms with E-state index in [1.54, 1.807) is 0 Å². The number of halogens is 1. The van der Waals surface area contributed by atoms with Crippen LogP contribution in [0.4, 0.5) is 10.1 Å². The summed E-state index contributed by atoms with van der Waals surface area (Å²) in [6.45, 7) is 0. The van der Waals surface area contributed by atoms with E-state index in [0.717, 1.165) is 6.07 Å². The molecule has 1 atom stereocenters. The van der Waals surface area contributed by atoms with E-state index in [1.165, 1.54) is 30.1 Å². The van der Waals surface area contributed by atoms with Crippen LogP contribution in [0, 0.1) is 5.82 Å². The van der Waals surface area contributed by atoms with Gasteiger partial charge in [0.25, 0.3) is 0 Å². The molecule has 0 bridgehead atoms. The van der Waals surface area contributed by atoms with Crippen molar-refractivity contribution in [1.29, 1.82) is 0 Å². The Balaban J connectivity index is 1.90. The molecule has 1 aromatic rings. The van der Waals surface area contributed by atoms with Crippen molar-refractivity contribution in [2.75, 3.05) is 23.9 Å². The molecule has 22 heavy (non-hydrogen) atoms. The number of carbonyl (C=O) groups excluding carboxylic acids is 2. The quantitative estimate of drug-likeness (QED) is 0.829. The van der Waals surface area contributed by atoms with E-state index in [9.17, 15) is 22.4 Å². The highest BCUT2D eigenvalue weighted by Gasteiger charge is 2.33. The van der Waals surface area contributed by atoms with Crippen LogP contribution < -0.4 is 5.32 Å². The van der Waals surface area contributed by atoms with E-state index >= 15 is 0 Å². The van der Waals surface area contributed by atoms with Gasteiger partial charge >= 0.3 is 0 Å². The van der Waals surface area contributed by atoms with Gasteiger partial charge in [0.15, 0.2) is 9.84 Å². The van der Waals surface area contributed by atoms with Gasteiger partial charge in [0.2, 0.25) is 11.8 Å². The Morgan fingerprint density at radius 2 is 2.14 bits per heavy atom. The molecule has 120 valence electrons. The summed E-state index contributed by atoms with van der Waals surface area (Å²) in [5.41, 5.74) is 0.267. The van der Waals surface area contributed by atoms with Crippen molar-refractivity contribution in [3.8, 4) is 0 Å². The van der Waals surface area contributed by atoms with Crippen LogP contribution >= 0.6 is 0 Å². The fraction of sp³-hybridized carbons (Fsp3) is 0.429. The molecule has 8 heteroatoms. The Morgan fingerprint density at radius 1 is 1.41 bits per heavy atom. The maximum absolute atomic E-state index is 13.0. The number of hydrogen-bond donors (Lipinski definition) is 1. The molecule has 0 saturated carbocycles. The number of hydrogen-bond acceptors (Lipinski definition) is 4. The lowest BCUT2D eigenvalue weighted by Gasteiger charge is -2.23. The summed E-state index contributed by atoms with van der Waals surface area (Å²) in [6.07, 6.45) is -0.0281. The van der Waals surface area contributed by atoms with Crippen molar-refractivity contribution in [1.82, 2.24) is 4.90 Å². The summed E-state index contributed by atoms with van der Waals surface area (Å²) >= 11 is 0. The maximum atomic E-state index is 13.0. The van der Waals surface area contributed by atoms with Gasteiger partial charge in [-0.1, -0.05) is 6.07 Å². The van der Waals surface area contributed by atoms with Gasteiger partial charge < -0.3 is 10.2 Å². The second-order valence-electron chi connectivity index (χ2n) is 5.30. The van der Waals surface area contributed by atoms with Crippen molar-refractivity contribution in [2.24, 2.45) is 0 Å². The summed E-state index contributed by atoms with van der Waals surface area (Å²) in [5.74, 6) is -1.53. The largest absolute Gasteiger partial charge is 0.341 e. The molecule has 0 aliphatic carbocycles. The maximum Gasteiger partial charge on any atom is 0.233 e. The van der Waals surface area contributed by atoms with Gasteiger partial charge in [0, 0.05) is 18.8 Å². The molecule has 2 rings (SSSR count). The van der Waals surface area contributed by atoms with Crippen LogP contribution in [0.15, 0.2) is 24.3 Å². The van der Waals surface area contributed by atoms with Crippen LogP contribution in [-0.2, 0) is 19.4 Å². The minimum absolute atomic E-state index is 0.0603. The van der Waals surface area contributed by atoms with Crippen LogP contribution in [-0.4, -0.2) is 49.7 Å². The van der Waals surface area contributed by atoms with Crippen molar-refractivity contribution in [3.05, 3.63) is 30.1 Å². The summed E-state index contributed by atoms with van der Waals surface area (Å²) in [5, 5.41) is 2.43.